The lowest BCUT2D eigenvalue weighted by atomic mass is 10.2. The van der Waals surface area contributed by atoms with Crippen LogP contribution in [0, 0.1) is 11.3 Å². The van der Waals surface area contributed by atoms with Crippen molar-refractivity contribution < 1.29 is 4.79 Å². The molecule has 6 nitrogen and oxygen atoms in total. The number of nitriles is 1. The summed E-state index contributed by atoms with van der Waals surface area (Å²) in [6.45, 7) is -0.00174. The number of carbonyl (C=O) groups is 1. The van der Waals surface area contributed by atoms with Crippen molar-refractivity contribution >= 4 is 35.0 Å². The van der Waals surface area contributed by atoms with Gasteiger partial charge in [-0.05, 0) is 36.4 Å². The van der Waals surface area contributed by atoms with Gasteiger partial charge in [0.05, 0.1) is 11.8 Å². The van der Waals surface area contributed by atoms with Crippen molar-refractivity contribution in [3.63, 3.8) is 0 Å². The normalized spacial score (nSPS) is 10.4. The van der Waals surface area contributed by atoms with Crippen LogP contribution in [-0.2, 0) is 11.8 Å². The summed E-state index contributed by atoms with van der Waals surface area (Å²) in [5.74, 6) is 0.686. The van der Waals surface area contributed by atoms with Crippen molar-refractivity contribution in [1.29, 1.82) is 5.26 Å². The van der Waals surface area contributed by atoms with Gasteiger partial charge in [0.25, 0.3) is 0 Å². The molecule has 0 bridgehead atoms. The first kappa shape index (κ1) is 19.0. The number of para-hydroxylation sites is 1. The Hall–Kier alpha value is -2.82. The minimum absolute atomic E-state index is 0.00174. The van der Waals surface area contributed by atoms with Crippen molar-refractivity contribution in [2.75, 3.05) is 17.2 Å². The number of thioether (sulfide) groups is 1. The van der Waals surface area contributed by atoms with Gasteiger partial charge in [-0.3, -0.25) is 9.69 Å². The standard InChI is InChI=1S/C19H16ClN5OS/c1-24-18(14-7-9-15(20)10-8-14)22-23-19(24)27-13-17(26)25(12-11-21)16-5-3-2-4-6-16/h2-10H,12-13H2,1H3. The topological polar surface area (TPSA) is 74.8 Å². The minimum atomic E-state index is -0.163. The molecule has 1 amide bonds. The van der Waals surface area contributed by atoms with E-state index in [1.165, 1.54) is 16.7 Å². The Morgan fingerprint density at radius 3 is 2.56 bits per heavy atom. The van der Waals surface area contributed by atoms with E-state index < -0.39 is 0 Å². The Labute approximate surface area is 166 Å². The third kappa shape index (κ3) is 4.48. The molecular weight excluding hydrogens is 382 g/mol. The highest BCUT2D eigenvalue weighted by Gasteiger charge is 2.18. The van der Waals surface area contributed by atoms with E-state index in [4.69, 9.17) is 16.9 Å². The van der Waals surface area contributed by atoms with E-state index in [9.17, 15) is 4.79 Å². The van der Waals surface area contributed by atoms with Crippen LogP contribution < -0.4 is 4.90 Å². The molecule has 1 heterocycles. The molecule has 0 unspecified atom stereocenters. The van der Waals surface area contributed by atoms with Crippen molar-refractivity contribution in [3.05, 3.63) is 59.6 Å². The lowest BCUT2D eigenvalue weighted by Gasteiger charge is -2.19. The second-order valence-electron chi connectivity index (χ2n) is 5.63. The molecule has 0 aliphatic heterocycles. The van der Waals surface area contributed by atoms with E-state index in [1.54, 1.807) is 24.3 Å². The zero-order chi connectivity index (χ0) is 19.2. The first-order valence-electron chi connectivity index (χ1n) is 8.10. The van der Waals surface area contributed by atoms with Gasteiger partial charge in [-0.2, -0.15) is 5.26 Å². The summed E-state index contributed by atoms with van der Waals surface area (Å²) in [4.78, 5) is 14.1. The maximum atomic E-state index is 12.6. The van der Waals surface area contributed by atoms with E-state index in [0.29, 0.717) is 21.7 Å². The van der Waals surface area contributed by atoms with Gasteiger partial charge in [0, 0.05) is 23.3 Å². The minimum Gasteiger partial charge on any atom is -0.305 e. The molecular formula is C19H16ClN5OS. The van der Waals surface area contributed by atoms with Crippen LogP contribution in [0.15, 0.2) is 59.8 Å². The van der Waals surface area contributed by atoms with Crippen LogP contribution in [0.1, 0.15) is 0 Å². The Bertz CT molecular complexity index is 966. The Morgan fingerprint density at radius 1 is 1.19 bits per heavy atom. The molecule has 0 spiro atoms. The van der Waals surface area contributed by atoms with Crippen molar-refractivity contribution in [1.82, 2.24) is 14.8 Å². The molecule has 0 N–H and O–H groups in total. The molecule has 1 aromatic heterocycles. The third-order valence-corrected chi connectivity index (χ3v) is 5.12. The van der Waals surface area contributed by atoms with E-state index in [0.717, 1.165) is 5.56 Å². The number of rotatable bonds is 6. The Morgan fingerprint density at radius 2 is 1.89 bits per heavy atom. The summed E-state index contributed by atoms with van der Waals surface area (Å²) in [6.07, 6.45) is 0. The first-order valence-corrected chi connectivity index (χ1v) is 9.47. The largest absolute Gasteiger partial charge is 0.305 e. The smallest absolute Gasteiger partial charge is 0.238 e. The van der Waals surface area contributed by atoms with Crippen LogP contribution in [0.25, 0.3) is 11.4 Å². The van der Waals surface area contributed by atoms with Crippen LogP contribution in [0.2, 0.25) is 5.02 Å². The summed E-state index contributed by atoms with van der Waals surface area (Å²) in [5, 5.41) is 18.7. The number of nitrogens with zero attached hydrogens (tertiary/aromatic N) is 5. The molecule has 0 fully saturated rings. The number of anilines is 1. The van der Waals surface area contributed by atoms with Gasteiger partial charge in [-0.25, -0.2) is 0 Å². The van der Waals surface area contributed by atoms with Gasteiger partial charge in [0.1, 0.15) is 6.54 Å². The predicted molar refractivity (Wildman–Crippen MR) is 107 cm³/mol. The van der Waals surface area contributed by atoms with Gasteiger partial charge < -0.3 is 4.57 Å². The summed E-state index contributed by atoms with van der Waals surface area (Å²) in [6, 6.07) is 18.5. The zero-order valence-electron chi connectivity index (χ0n) is 14.5. The van der Waals surface area contributed by atoms with Crippen LogP contribution in [0.4, 0.5) is 5.69 Å². The fraction of sp³-hybridized carbons (Fsp3) is 0.158. The third-order valence-electron chi connectivity index (χ3n) is 3.86. The average molecular weight is 398 g/mol. The predicted octanol–water partition coefficient (Wildman–Crippen LogP) is 3.78. The second-order valence-corrected chi connectivity index (χ2v) is 7.01. The lowest BCUT2D eigenvalue weighted by molar-refractivity contribution is -0.116. The monoisotopic (exact) mass is 397 g/mol. The fourth-order valence-electron chi connectivity index (χ4n) is 2.50. The fourth-order valence-corrected chi connectivity index (χ4v) is 3.41. The van der Waals surface area contributed by atoms with Gasteiger partial charge >= 0.3 is 0 Å². The molecule has 0 saturated carbocycles. The van der Waals surface area contributed by atoms with E-state index in [-0.39, 0.29) is 18.2 Å². The Kier molecular flexibility index (Phi) is 6.12. The van der Waals surface area contributed by atoms with Crippen molar-refractivity contribution in [2.45, 2.75) is 5.16 Å². The molecule has 3 rings (SSSR count). The quantitative estimate of drug-likeness (QED) is 0.467. The number of aromatic nitrogens is 3. The number of carbonyl (C=O) groups excluding carboxylic acids is 1. The van der Waals surface area contributed by atoms with Crippen LogP contribution in [0.5, 0.6) is 0 Å². The van der Waals surface area contributed by atoms with Crippen molar-refractivity contribution in [3.8, 4) is 17.5 Å². The summed E-state index contributed by atoms with van der Waals surface area (Å²) in [5.41, 5.74) is 1.59. The Balaban J connectivity index is 1.72. The second kappa shape index (κ2) is 8.71. The highest BCUT2D eigenvalue weighted by molar-refractivity contribution is 7.99. The maximum absolute atomic E-state index is 12.6. The van der Waals surface area contributed by atoms with E-state index >= 15 is 0 Å². The number of halogens is 1. The van der Waals surface area contributed by atoms with Crippen LogP contribution >= 0.6 is 23.4 Å². The molecule has 2 aromatic carbocycles. The van der Waals surface area contributed by atoms with E-state index in [2.05, 4.69) is 10.2 Å². The molecule has 8 heteroatoms. The molecule has 0 atom stereocenters. The van der Waals surface area contributed by atoms with Gasteiger partial charge in [0.2, 0.25) is 5.91 Å². The van der Waals surface area contributed by atoms with Crippen LogP contribution in [-0.4, -0.2) is 33.0 Å². The number of hydrogen-bond donors (Lipinski definition) is 0. The number of benzene rings is 2. The highest BCUT2D eigenvalue weighted by Crippen LogP contribution is 2.24. The molecule has 3 aromatic rings. The SMILES string of the molecule is Cn1c(SCC(=O)N(CC#N)c2ccccc2)nnc1-c1ccc(Cl)cc1. The summed E-state index contributed by atoms with van der Waals surface area (Å²) < 4.78 is 1.83. The maximum Gasteiger partial charge on any atom is 0.238 e. The lowest BCUT2D eigenvalue weighted by Crippen LogP contribution is -2.32. The molecule has 0 aliphatic rings. The zero-order valence-corrected chi connectivity index (χ0v) is 16.1. The van der Waals surface area contributed by atoms with Gasteiger partial charge in [0.15, 0.2) is 11.0 Å². The molecule has 0 radical (unpaired) electrons. The highest BCUT2D eigenvalue weighted by atomic mass is 35.5. The molecule has 0 aliphatic carbocycles. The van der Waals surface area contributed by atoms with Gasteiger partial charge in [-0.1, -0.05) is 41.6 Å². The number of amides is 1. The average Bonchev–Trinajstić information content (AvgIpc) is 3.06. The molecule has 0 saturated heterocycles. The van der Waals surface area contributed by atoms with Gasteiger partial charge in [-0.15, -0.1) is 10.2 Å². The summed E-state index contributed by atoms with van der Waals surface area (Å²) in [7, 11) is 1.85. The van der Waals surface area contributed by atoms with Crippen molar-refractivity contribution in [2.24, 2.45) is 7.05 Å². The first-order chi connectivity index (χ1) is 13.1. The molecule has 27 heavy (non-hydrogen) atoms. The number of hydrogen-bond acceptors (Lipinski definition) is 5. The molecule has 136 valence electrons. The van der Waals surface area contributed by atoms with E-state index in [1.807, 2.05) is 48.0 Å². The summed E-state index contributed by atoms with van der Waals surface area (Å²) >= 11 is 7.21. The van der Waals surface area contributed by atoms with Crippen LogP contribution in [0.3, 0.4) is 0 Å².